The van der Waals surface area contributed by atoms with Crippen LogP contribution in [-0.4, -0.2) is 55.1 Å². The number of aromatic nitrogens is 1. The van der Waals surface area contributed by atoms with Gasteiger partial charge in [-0.15, -0.1) is 11.3 Å². The summed E-state index contributed by atoms with van der Waals surface area (Å²) in [5.41, 5.74) is 1.26. The van der Waals surface area contributed by atoms with Crippen LogP contribution in [0.5, 0.6) is 0 Å². The molecule has 5 nitrogen and oxygen atoms in total. The van der Waals surface area contributed by atoms with Crippen LogP contribution in [0.4, 0.5) is 10.8 Å². The maximum atomic E-state index is 12.9. The van der Waals surface area contributed by atoms with Crippen LogP contribution in [0.3, 0.4) is 0 Å². The molecule has 0 unspecified atom stereocenters. The first-order valence-corrected chi connectivity index (χ1v) is 9.92. The lowest BCUT2D eigenvalue weighted by molar-refractivity contribution is -0.136. The van der Waals surface area contributed by atoms with Crippen molar-refractivity contribution in [3.8, 4) is 0 Å². The fraction of sp³-hybridized carbons (Fsp3) is 0.474. The molecule has 25 heavy (non-hydrogen) atoms. The summed E-state index contributed by atoms with van der Waals surface area (Å²) >= 11 is 1.68. The fourth-order valence-electron chi connectivity index (χ4n) is 3.77. The first kappa shape index (κ1) is 16.4. The Bertz CT molecular complexity index is 675. The average molecular weight is 356 g/mol. The number of thiazole rings is 1. The Balaban J connectivity index is 1.28. The van der Waals surface area contributed by atoms with Crippen molar-refractivity contribution in [2.24, 2.45) is 5.92 Å². The third-order valence-corrected chi connectivity index (χ3v) is 6.08. The highest BCUT2D eigenvalue weighted by Gasteiger charge is 2.30. The molecule has 2 fully saturated rings. The molecule has 1 aromatic carbocycles. The second kappa shape index (κ2) is 7.44. The van der Waals surface area contributed by atoms with E-state index in [0.717, 1.165) is 57.2 Å². The van der Waals surface area contributed by atoms with E-state index in [-0.39, 0.29) is 5.92 Å². The Hall–Kier alpha value is -2.08. The monoisotopic (exact) mass is 356 g/mol. The van der Waals surface area contributed by atoms with E-state index in [1.165, 1.54) is 5.69 Å². The number of hydrogen-bond acceptors (Lipinski definition) is 5. The molecule has 2 aromatic rings. The molecule has 0 saturated carbocycles. The minimum atomic E-state index is 0.180. The van der Waals surface area contributed by atoms with Crippen molar-refractivity contribution in [3.63, 3.8) is 0 Å². The Labute approximate surface area is 152 Å². The van der Waals surface area contributed by atoms with Crippen molar-refractivity contribution in [3.05, 3.63) is 41.9 Å². The van der Waals surface area contributed by atoms with Crippen molar-refractivity contribution in [1.29, 1.82) is 0 Å². The molecule has 6 heteroatoms. The summed E-state index contributed by atoms with van der Waals surface area (Å²) in [5, 5.41) is 3.10. The Kier molecular flexibility index (Phi) is 4.88. The molecule has 2 aliphatic rings. The van der Waals surface area contributed by atoms with E-state index in [2.05, 4.69) is 43.9 Å². The normalized spacial score (nSPS) is 19.3. The van der Waals surface area contributed by atoms with Crippen LogP contribution in [0.25, 0.3) is 0 Å². The zero-order valence-corrected chi connectivity index (χ0v) is 15.2. The lowest BCUT2D eigenvalue weighted by atomic mass is 9.95. The van der Waals surface area contributed by atoms with E-state index in [1.54, 1.807) is 11.3 Å². The highest BCUT2D eigenvalue weighted by molar-refractivity contribution is 7.13. The van der Waals surface area contributed by atoms with Crippen molar-refractivity contribution >= 4 is 28.1 Å². The van der Waals surface area contributed by atoms with Gasteiger partial charge in [-0.25, -0.2) is 4.98 Å². The van der Waals surface area contributed by atoms with Gasteiger partial charge in [-0.2, -0.15) is 0 Å². The lowest BCUT2D eigenvalue weighted by Gasteiger charge is -2.39. The van der Waals surface area contributed by atoms with Gasteiger partial charge in [-0.1, -0.05) is 18.2 Å². The first-order chi connectivity index (χ1) is 12.3. The van der Waals surface area contributed by atoms with Gasteiger partial charge >= 0.3 is 0 Å². The molecule has 0 N–H and O–H groups in total. The van der Waals surface area contributed by atoms with E-state index < -0.39 is 0 Å². The van der Waals surface area contributed by atoms with Gasteiger partial charge in [-0.05, 0) is 25.0 Å². The molecular formula is C19H24N4OS. The summed E-state index contributed by atoms with van der Waals surface area (Å²) in [6.45, 7) is 5.39. The van der Waals surface area contributed by atoms with E-state index in [4.69, 9.17) is 0 Å². The first-order valence-electron chi connectivity index (χ1n) is 9.04. The minimum Gasteiger partial charge on any atom is -0.368 e. The van der Waals surface area contributed by atoms with Gasteiger partial charge in [0.05, 0.1) is 0 Å². The quantitative estimate of drug-likeness (QED) is 0.848. The Morgan fingerprint density at radius 2 is 1.68 bits per heavy atom. The number of piperazine rings is 1. The topological polar surface area (TPSA) is 39.7 Å². The second-order valence-electron chi connectivity index (χ2n) is 6.72. The highest BCUT2D eigenvalue weighted by atomic mass is 32.1. The maximum absolute atomic E-state index is 12.9. The minimum absolute atomic E-state index is 0.180. The van der Waals surface area contributed by atoms with Gasteiger partial charge in [0.2, 0.25) is 5.91 Å². The number of nitrogens with zero attached hydrogens (tertiary/aromatic N) is 4. The predicted octanol–water partition coefficient (Wildman–Crippen LogP) is 2.71. The Morgan fingerprint density at radius 3 is 2.32 bits per heavy atom. The molecule has 1 amide bonds. The van der Waals surface area contributed by atoms with E-state index in [1.807, 2.05) is 17.6 Å². The zero-order chi connectivity index (χ0) is 17.1. The molecule has 0 atom stereocenters. The molecule has 0 bridgehead atoms. The number of carbonyl (C=O) groups excluding carboxylic acids is 1. The molecule has 1 aromatic heterocycles. The number of hydrogen-bond donors (Lipinski definition) is 0. The third-order valence-electron chi connectivity index (χ3n) is 5.25. The lowest BCUT2D eigenvalue weighted by Crippen LogP contribution is -2.51. The molecule has 0 radical (unpaired) electrons. The SMILES string of the molecule is O=C(C1CCN(c2nccs2)CC1)N1CCN(c2ccccc2)CC1. The molecule has 2 aliphatic heterocycles. The van der Waals surface area contributed by atoms with Gasteiger partial charge in [0, 0.05) is 62.5 Å². The van der Waals surface area contributed by atoms with Crippen molar-refractivity contribution in [2.45, 2.75) is 12.8 Å². The Morgan fingerprint density at radius 1 is 0.960 bits per heavy atom. The van der Waals surface area contributed by atoms with E-state index in [0.29, 0.717) is 5.91 Å². The maximum Gasteiger partial charge on any atom is 0.225 e. The number of carbonyl (C=O) groups is 1. The van der Waals surface area contributed by atoms with Crippen LogP contribution in [0.1, 0.15) is 12.8 Å². The second-order valence-corrected chi connectivity index (χ2v) is 7.60. The summed E-state index contributed by atoms with van der Waals surface area (Å²) in [6, 6.07) is 10.5. The molecule has 0 aliphatic carbocycles. The highest BCUT2D eigenvalue weighted by Crippen LogP contribution is 2.26. The van der Waals surface area contributed by atoms with Gasteiger partial charge in [-0.3, -0.25) is 4.79 Å². The van der Waals surface area contributed by atoms with Crippen molar-refractivity contribution in [1.82, 2.24) is 9.88 Å². The van der Waals surface area contributed by atoms with Gasteiger partial charge < -0.3 is 14.7 Å². The fourth-order valence-corrected chi connectivity index (χ4v) is 4.47. The van der Waals surface area contributed by atoms with Gasteiger partial charge in [0.25, 0.3) is 0 Å². The molecule has 132 valence electrons. The molecule has 2 saturated heterocycles. The number of anilines is 2. The standard InChI is InChI=1S/C19H24N4OS/c24-18(16-6-9-23(10-7-16)19-20-8-15-25-19)22-13-11-21(12-14-22)17-4-2-1-3-5-17/h1-5,8,15-16H,6-7,9-14H2. The molecule has 3 heterocycles. The summed E-state index contributed by atoms with van der Waals surface area (Å²) in [7, 11) is 0. The smallest absolute Gasteiger partial charge is 0.225 e. The van der Waals surface area contributed by atoms with E-state index in [9.17, 15) is 4.79 Å². The third kappa shape index (κ3) is 3.63. The summed E-state index contributed by atoms with van der Waals surface area (Å²) < 4.78 is 0. The van der Waals surface area contributed by atoms with Crippen molar-refractivity contribution < 1.29 is 4.79 Å². The average Bonchev–Trinajstić information content (AvgIpc) is 3.23. The van der Waals surface area contributed by atoms with Gasteiger partial charge in [0.1, 0.15) is 0 Å². The van der Waals surface area contributed by atoms with Gasteiger partial charge in [0.15, 0.2) is 5.13 Å². The number of benzene rings is 1. The summed E-state index contributed by atoms with van der Waals surface area (Å²) in [4.78, 5) is 24.0. The van der Waals surface area contributed by atoms with Crippen molar-refractivity contribution in [2.75, 3.05) is 49.1 Å². The molecule has 4 rings (SSSR count). The van der Waals surface area contributed by atoms with Crippen LogP contribution in [0, 0.1) is 5.92 Å². The summed E-state index contributed by atoms with van der Waals surface area (Å²) in [5.74, 6) is 0.533. The van der Waals surface area contributed by atoms with Crippen LogP contribution in [-0.2, 0) is 4.79 Å². The number of para-hydroxylation sites is 1. The van der Waals surface area contributed by atoms with Crippen LogP contribution in [0.15, 0.2) is 41.9 Å². The largest absolute Gasteiger partial charge is 0.368 e. The zero-order valence-electron chi connectivity index (χ0n) is 14.4. The van der Waals surface area contributed by atoms with Crippen LogP contribution < -0.4 is 9.80 Å². The number of rotatable bonds is 3. The predicted molar refractivity (Wildman–Crippen MR) is 102 cm³/mol. The number of piperidine rings is 1. The molecule has 0 spiro atoms. The van der Waals surface area contributed by atoms with E-state index >= 15 is 0 Å². The van der Waals surface area contributed by atoms with Crippen LogP contribution >= 0.6 is 11.3 Å². The van der Waals surface area contributed by atoms with Crippen LogP contribution in [0.2, 0.25) is 0 Å². The molecular weight excluding hydrogens is 332 g/mol. The summed E-state index contributed by atoms with van der Waals surface area (Å²) in [6.07, 6.45) is 3.73. The number of amides is 1.